The number of fused-ring (bicyclic) bond motifs is 1. The monoisotopic (exact) mass is 377 g/mol. The number of aromatic nitrogens is 4. The summed E-state index contributed by atoms with van der Waals surface area (Å²) in [5, 5.41) is 10.2. The molecule has 0 aliphatic heterocycles. The van der Waals surface area contributed by atoms with Crippen LogP contribution in [-0.4, -0.2) is 25.7 Å². The Hall–Kier alpha value is -3.06. The van der Waals surface area contributed by atoms with Crippen LogP contribution in [0.1, 0.15) is 35.8 Å². The summed E-state index contributed by atoms with van der Waals surface area (Å²) in [5.74, 6) is -0.139. The number of carbonyl (C=O) groups is 1. The number of aryl methyl sites for hydroxylation is 1. The summed E-state index contributed by atoms with van der Waals surface area (Å²) in [6, 6.07) is 9.51. The first-order valence-corrected chi connectivity index (χ1v) is 9.66. The molecule has 0 bridgehead atoms. The van der Waals surface area contributed by atoms with Crippen LogP contribution >= 0.6 is 11.3 Å². The van der Waals surface area contributed by atoms with Crippen molar-refractivity contribution >= 4 is 28.3 Å². The summed E-state index contributed by atoms with van der Waals surface area (Å²) in [6.45, 7) is 4.66. The van der Waals surface area contributed by atoms with Crippen LogP contribution in [0.5, 0.6) is 0 Å². The number of pyridine rings is 2. The molecule has 1 atom stereocenters. The van der Waals surface area contributed by atoms with E-state index in [2.05, 4.69) is 15.4 Å². The SMILES string of the molecule is CCn1ncc2c(C(=O)NC(C)c3ccncc3)cc(-c3cccs3)nc21. The third kappa shape index (κ3) is 3.33. The van der Waals surface area contributed by atoms with E-state index >= 15 is 0 Å². The van der Waals surface area contributed by atoms with Gasteiger partial charge >= 0.3 is 0 Å². The predicted molar refractivity (Wildman–Crippen MR) is 107 cm³/mol. The third-order valence-corrected chi connectivity index (χ3v) is 5.37. The molecular weight excluding hydrogens is 358 g/mol. The normalized spacial score (nSPS) is 12.2. The van der Waals surface area contributed by atoms with Crippen molar-refractivity contribution in [3.8, 4) is 10.6 Å². The van der Waals surface area contributed by atoms with E-state index in [1.165, 1.54) is 0 Å². The fraction of sp³-hybridized carbons (Fsp3) is 0.200. The highest BCUT2D eigenvalue weighted by Crippen LogP contribution is 2.28. The second kappa shape index (κ2) is 7.28. The smallest absolute Gasteiger partial charge is 0.252 e. The van der Waals surface area contributed by atoms with E-state index in [1.54, 1.807) is 29.9 Å². The first-order chi connectivity index (χ1) is 13.2. The summed E-state index contributed by atoms with van der Waals surface area (Å²) < 4.78 is 1.81. The van der Waals surface area contributed by atoms with Crippen molar-refractivity contribution in [2.24, 2.45) is 0 Å². The summed E-state index contributed by atoms with van der Waals surface area (Å²) in [4.78, 5) is 22.9. The van der Waals surface area contributed by atoms with Crippen molar-refractivity contribution in [3.05, 3.63) is 65.4 Å². The Morgan fingerprint density at radius 1 is 1.30 bits per heavy atom. The lowest BCUT2D eigenvalue weighted by atomic mass is 10.1. The lowest BCUT2D eigenvalue weighted by Crippen LogP contribution is -2.27. The number of rotatable bonds is 5. The van der Waals surface area contributed by atoms with Crippen molar-refractivity contribution in [1.29, 1.82) is 0 Å². The first kappa shape index (κ1) is 17.4. The van der Waals surface area contributed by atoms with Gasteiger partial charge in [0.1, 0.15) is 0 Å². The fourth-order valence-electron chi connectivity index (χ4n) is 3.03. The zero-order chi connectivity index (χ0) is 18.8. The molecule has 0 saturated carbocycles. The topological polar surface area (TPSA) is 72.7 Å². The molecule has 0 fully saturated rings. The molecule has 4 aromatic heterocycles. The summed E-state index contributed by atoms with van der Waals surface area (Å²) >= 11 is 1.60. The molecule has 0 aromatic carbocycles. The first-order valence-electron chi connectivity index (χ1n) is 8.78. The second-order valence-corrected chi connectivity index (χ2v) is 7.15. The van der Waals surface area contributed by atoms with Crippen LogP contribution in [0.4, 0.5) is 0 Å². The van der Waals surface area contributed by atoms with Gasteiger partial charge in [-0.15, -0.1) is 11.3 Å². The van der Waals surface area contributed by atoms with Crippen LogP contribution in [0.3, 0.4) is 0 Å². The van der Waals surface area contributed by atoms with Gasteiger partial charge in [-0.3, -0.25) is 9.78 Å². The van der Waals surface area contributed by atoms with Crippen LogP contribution in [0.25, 0.3) is 21.6 Å². The number of thiophene rings is 1. The summed E-state index contributed by atoms with van der Waals surface area (Å²) in [5.41, 5.74) is 3.11. The van der Waals surface area contributed by atoms with E-state index < -0.39 is 0 Å². The Balaban J connectivity index is 1.75. The molecule has 0 saturated heterocycles. The lowest BCUT2D eigenvalue weighted by Gasteiger charge is -2.15. The maximum absolute atomic E-state index is 13.1. The molecule has 4 aromatic rings. The van der Waals surface area contributed by atoms with Gasteiger partial charge in [-0.2, -0.15) is 5.10 Å². The standard InChI is InChI=1S/C20H19N5OS/c1-3-25-19-16(12-22-25)15(11-17(24-19)18-5-4-10-27-18)20(26)23-13(2)14-6-8-21-9-7-14/h4-13H,3H2,1-2H3,(H,23,26). The highest BCUT2D eigenvalue weighted by atomic mass is 32.1. The van der Waals surface area contributed by atoms with Gasteiger partial charge in [0.05, 0.1) is 33.8 Å². The molecule has 7 heteroatoms. The van der Waals surface area contributed by atoms with Crippen LogP contribution in [0.2, 0.25) is 0 Å². The highest BCUT2D eigenvalue weighted by Gasteiger charge is 2.19. The quantitative estimate of drug-likeness (QED) is 0.569. The molecule has 0 spiro atoms. The van der Waals surface area contributed by atoms with Crippen molar-refractivity contribution in [2.75, 3.05) is 0 Å². The minimum atomic E-state index is -0.139. The Labute approximate surface area is 160 Å². The summed E-state index contributed by atoms with van der Waals surface area (Å²) in [7, 11) is 0. The van der Waals surface area contributed by atoms with Crippen LogP contribution < -0.4 is 5.32 Å². The molecule has 1 unspecified atom stereocenters. The van der Waals surface area contributed by atoms with Crippen molar-refractivity contribution in [2.45, 2.75) is 26.4 Å². The minimum absolute atomic E-state index is 0.130. The molecule has 0 aliphatic carbocycles. The molecule has 0 aliphatic rings. The van der Waals surface area contributed by atoms with Crippen LogP contribution in [0, 0.1) is 0 Å². The third-order valence-electron chi connectivity index (χ3n) is 4.48. The second-order valence-electron chi connectivity index (χ2n) is 6.21. The number of hydrogen-bond acceptors (Lipinski definition) is 5. The number of hydrogen-bond donors (Lipinski definition) is 1. The molecule has 136 valence electrons. The number of amides is 1. The maximum Gasteiger partial charge on any atom is 0.252 e. The average molecular weight is 377 g/mol. The number of nitrogens with one attached hydrogen (secondary N) is 1. The van der Waals surface area contributed by atoms with Gasteiger partial charge in [-0.25, -0.2) is 9.67 Å². The van der Waals surface area contributed by atoms with Gasteiger partial charge in [0.2, 0.25) is 0 Å². The van der Waals surface area contributed by atoms with E-state index in [0.29, 0.717) is 12.1 Å². The van der Waals surface area contributed by atoms with Gasteiger partial charge in [-0.1, -0.05) is 6.07 Å². The fourth-order valence-corrected chi connectivity index (χ4v) is 3.71. The molecule has 1 amide bonds. The molecule has 4 heterocycles. The van der Waals surface area contributed by atoms with E-state index in [1.807, 2.05) is 54.2 Å². The Kier molecular flexibility index (Phi) is 4.68. The van der Waals surface area contributed by atoms with Crippen molar-refractivity contribution in [3.63, 3.8) is 0 Å². The average Bonchev–Trinajstić information content (AvgIpc) is 3.37. The molecule has 6 nitrogen and oxygen atoms in total. The van der Waals surface area contributed by atoms with E-state index in [4.69, 9.17) is 4.98 Å². The number of nitrogens with zero attached hydrogens (tertiary/aromatic N) is 4. The van der Waals surface area contributed by atoms with Crippen molar-refractivity contribution in [1.82, 2.24) is 25.1 Å². The zero-order valence-corrected chi connectivity index (χ0v) is 15.9. The molecular formula is C20H19N5OS. The van der Waals surface area contributed by atoms with Gasteiger partial charge in [0.25, 0.3) is 5.91 Å². The Morgan fingerprint density at radius 3 is 2.81 bits per heavy atom. The van der Waals surface area contributed by atoms with Crippen molar-refractivity contribution < 1.29 is 4.79 Å². The molecule has 1 N–H and O–H groups in total. The van der Waals surface area contributed by atoms with E-state index in [0.717, 1.165) is 27.2 Å². The molecule has 0 radical (unpaired) electrons. The zero-order valence-electron chi connectivity index (χ0n) is 15.1. The Morgan fingerprint density at radius 2 is 2.11 bits per heavy atom. The molecule has 27 heavy (non-hydrogen) atoms. The van der Waals surface area contributed by atoms with Crippen LogP contribution in [-0.2, 0) is 6.54 Å². The largest absolute Gasteiger partial charge is 0.345 e. The lowest BCUT2D eigenvalue weighted by molar-refractivity contribution is 0.0941. The summed E-state index contributed by atoms with van der Waals surface area (Å²) in [6.07, 6.45) is 5.17. The minimum Gasteiger partial charge on any atom is -0.345 e. The van der Waals surface area contributed by atoms with Gasteiger partial charge in [0, 0.05) is 18.9 Å². The van der Waals surface area contributed by atoms with Gasteiger partial charge in [0.15, 0.2) is 5.65 Å². The molecule has 4 rings (SSSR count). The Bertz CT molecular complexity index is 1070. The maximum atomic E-state index is 13.1. The van der Waals surface area contributed by atoms with Gasteiger partial charge in [-0.05, 0) is 49.1 Å². The number of carbonyl (C=O) groups excluding carboxylic acids is 1. The van der Waals surface area contributed by atoms with Gasteiger partial charge < -0.3 is 5.32 Å². The van der Waals surface area contributed by atoms with Crippen LogP contribution in [0.15, 0.2) is 54.3 Å². The van der Waals surface area contributed by atoms with E-state index in [9.17, 15) is 4.79 Å². The van der Waals surface area contributed by atoms with E-state index in [-0.39, 0.29) is 11.9 Å². The predicted octanol–water partition coefficient (Wildman–Crippen LogP) is 4.07. The highest BCUT2D eigenvalue weighted by molar-refractivity contribution is 7.13.